The van der Waals surface area contributed by atoms with Crippen LogP contribution in [0.4, 0.5) is 0 Å². The molecule has 0 unspecified atom stereocenters. The maximum atomic E-state index is 12.0. The number of rotatable bonds is 1. The minimum absolute atomic E-state index is 0.251. The lowest BCUT2D eigenvalue weighted by Crippen LogP contribution is -2.55. The lowest BCUT2D eigenvalue weighted by atomic mass is 9.44. The summed E-state index contributed by atoms with van der Waals surface area (Å²) >= 11 is 0. The second kappa shape index (κ2) is 5.39. The first-order valence-electron chi connectivity index (χ1n) is 9.17. The third-order valence-electron chi connectivity index (χ3n) is 7.68. The number of fused-ring (bicyclic) bond motifs is 3. The van der Waals surface area contributed by atoms with E-state index in [0.717, 1.165) is 31.1 Å². The highest BCUT2D eigenvalue weighted by atomic mass is 16.4. The maximum Gasteiger partial charge on any atom is 0.309 e. The van der Waals surface area contributed by atoms with Gasteiger partial charge in [-0.1, -0.05) is 24.5 Å². The van der Waals surface area contributed by atoms with Crippen LogP contribution in [-0.2, 0) is 4.79 Å². The van der Waals surface area contributed by atoms with Gasteiger partial charge in [0, 0.05) is 0 Å². The van der Waals surface area contributed by atoms with Crippen molar-refractivity contribution in [2.45, 2.75) is 79.1 Å². The summed E-state index contributed by atoms with van der Waals surface area (Å²) in [6, 6.07) is 0. The monoisotopic (exact) mass is 304 g/mol. The van der Waals surface area contributed by atoms with Crippen molar-refractivity contribution in [3.05, 3.63) is 11.1 Å². The van der Waals surface area contributed by atoms with Gasteiger partial charge in [-0.05, 0) is 88.9 Å². The van der Waals surface area contributed by atoms with Crippen molar-refractivity contribution in [3.63, 3.8) is 0 Å². The average molecular weight is 304 g/mol. The molecule has 0 spiro atoms. The second-order valence-electron chi connectivity index (χ2n) is 8.92. The molecular weight excluding hydrogens is 272 g/mol. The molecule has 0 radical (unpaired) electrons. The van der Waals surface area contributed by atoms with Crippen LogP contribution >= 0.6 is 0 Å². The number of allylic oxidation sites excluding steroid dienone is 2. The third-order valence-corrected chi connectivity index (χ3v) is 7.68. The fourth-order valence-electron chi connectivity index (χ4n) is 6.39. The lowest BCUT2D eigenvalue weighted by Gasteiger charge is -2.60. The SMILES string of the molecule is CC(C)=C1CC[C@H]2[C@@H](CC[C@@H]3[C@]2(C)CCC[C@@]3(C)C(=O)O)C1. The smallest absolute Gasteiger partial charge is 0.309 e. The molecule has 1 N–H and O–H groups in total. The van der Waals surface area contributed by atoms with E-state index >= 15 is 0 Å². The van der Waals surface area contributed by atoms with Crippen LogP contribution in [0, 0.1) is 28.6 Å². The van der Waals surface area contributed by atoms with Crippen molar-refractivity contribution in [1.29, 1.82) is 0 Å². The van der Waals surface area contributed by atoms with Crippen LogP contribution in [0.2, 0.25) is 0 Å². The van der Waals surface area contributed by atoms with Gasteiger partial charge in [-0.2, -0.15) is 0 Å². The van der Waals surface area contributed by atoms with Gasteiger partial charge in [0.2, 0.25) is 0 Å². The van der Waals surface area contributed by atoms with Crippen molar-refractivity contribution in [1.82, 2.24) is 0 Å². The van der Waals surface area contributed by atoms with E-state index in [4.69, 9.17) is 0 Å². The van der Waals surface area contributed by atoms with Crippen molar-refractivity contribution in [3.8, 4) is 0 Å². The Balaban J connectivity index is 1.90. The molecule has 0 bridgehead atoms. The Bertz CT molecular complexity index is 502. The minimum Gasteiger partial charge on any atom is -0.481 e. The van der Waals surface area contributed by atoms with Gasteiger partial charge in [-0.25, -0.2) is 0 Å². The quantitative estimate of drug-likeness (QED) is 0.656. The van der Waals surface area contributed by atoms with Crippen LogP contribution in [0.1, 0.15) is 79.1 Å². The summed E-state index contributed by atoms with van der Waals surface area (Å²) in [4.78, 5) is 12.0. The Labute approximate surface area is 135 Å². The predicted molar refractivity (Wildman–Crippen MR) is 89.6 cm³/mol. The summed E-state index contributed by atoms with van der Waals surface area (Å²) in [5, 5.41) is 9.85. The molecule has 124 valence electrons. The molecule has 3 aliphatic rings. The van der Waals surface area contributed by atoms with Gasteiger partial charge < -0.3 is 5.11 Å². The van der Waals surface area contributed by atoms with Crippen LogP contribution in [-0.4, -0.2) is 11.1 Å². The predicted octanol–water partition coefficient (Wildman–Crippen LogP) is 5.43. The summed E-state index contributed by atoms with van der Waals surface area (Å²) < 4.78 is 0. The second-order valence-corrected chi connectivity index (χ2v) is 8.92. The number of carboxylic acid groups (broad SMARTS) is 1. The fraction of sp³-hybridized carbons (Fsp3) is 0.850. The maximum absolute atomic E-state index is 12.0. The topological polar surface area (TPSA) is 37.3 Å². The van der Waals surface area contributed by atoms with Crippen LogP contribution in [0.15, 0.2) is 11.1 Å². The summed E-state index contributed by atoms with van der Waals surface area (Å²) in [7, 11) is 0. The van der Waals surface area contributed by atoms with Crippen LogP contribution in [0.3, 0.4) is 0 Å². The van der Waals surface area contributed by atoms with Gasteiger partial charge >= 0.3 is 5.97 Å². The number of carbonyl (C=O) groups is 1. The molecule has 0 saturated heterocycles. The van der Waals surface area contributed by atoms with E-state index in [1.54, 1.807) is 5.57 Å². The molecule has 3 rings (SSSR count). The van der Waals surface area contributed by atoms with Crippen molar-refractivity contribution in [2.24, 2.45) is 28.6 Å². The third kappa shape index (κ3) is 2.25. The Morgan fingerprint density at radius 2 is 1.86 bits per heavy atom. The van der Waals surface area contributed by atoms with E-state index in [2.05, 4.69) is 20.8 Å². The summed E-state index contributed by atoms with van der Waals surface area (Å²) in [6.45, 7) is 8.97. The molecular formula is C20H32O2. The normalized spacial score (nSPS) is 44.9. The van der Waals surface area contributed by atoms with E-state index < -0.39 is 11.4 Å². The van der Waals surface area contributed by atoms with Crippen LogP contribution < -0.4 is 0 Å². The van der Waals surface area contributed by atoms with E-state index in [9.17, 15) is 9.90 Å². The van der Waals surface area contributed by atoms with Crippen LogP contribution in [0.5, 0.6) is 0 Å². The Morgan fingerprint density at radius 1 is 1.14 bits per heavy atom. The summed E-state index contributed by atoms with van der Waals surface area (Å²) in [6.07, 6.45) is 9.38. The standard InChI is InChI=1S/C20H32O2/c1-13(2)14-6-8-16-15(12-14)7-9-17-19(16,3)10-5-11-20(17,4)18(21)22/h15-17H,5-12H2,1-4H3,(H,21,22)/t15-,16-,17+,19+,20+/m0/s1. The molecule has 0 aromatic carbocycles. The van der Waals surface area contributed by atoms with E-state index in [1.807, 2.05) is 6.92 Å². The molecule has 3 aliphatic carbocycles. The zero-order valence-corrected chi connectivity index (χ0v) is 14.7. The van der Waals surface area contributed by atoms with Gasteiger partial charge in [0.05, 0.1) is 5.41 Å². The van der Waals surface area contributed by atoms with Gasteiger partial charge in [0.15, 0.2) is 0 Å². The van der Waals surface area contributed by atoms with Gasteiger partial charge in [-0.3, -0.25) is 4.79 Å². The van der Waals surface area contributed by atoms with Gasteiger partial charge in [0.25, 0.3) is 0 Å². The minimum atomic E-state index is -0.553. The first-order chi connectivity index (χ1) is 10.3. The first-order valence-corrected chi connectivity index (χ1v) is 9.17. The van der Waals surface area contributed by atoms with Crippen molar-refractivity contribution >= 4 is 5.97 Å². The molecule has 5 atom stereocenters. The summed E-state index contributed by atoms with van der Waals surface area (Å²) in [5.74, 6) is 1.37. The molecule has 2 nitrogen and oxygen atoms in total. The fourth-order valence-corrected chi connectivity index (χ4v) is 6.39. The number of hydrogen-bond acceptors (Lipinski definition) is 1. The lowest BCUT2D eigenvalue weighted by molar-refractivity contribution is -0.170. The largest absolute Gasteiger partial charge is 0.481 e. The molecule has 22 heavy (non-hydrogen) atoms. The van der Waals surface area contributed by atoms with Crippen molar-refractivity contribution in [2.75, 3.05) is 0 Å². The molecule has 0 amide bonds. The zero-order chi connectivity index (χ0) is 16.1. The summed E-state index contributed by atoms with van der Waals surface area (Å²) in [5.41, 5.74) is 2.96. The molecule has 0 aliphatic heterocycles. The number of aliphatic carboxylic acids is 1. The molecule has 0 heterocycles. The highest BCUT2D eigenvalue weighted by Crippen LogP contribution is 2.64. The van der Waals surface area contributed by atoms with Crippen molar-refractivity contribution < 1.29 is 9.90 Å². The number of carboxylic acids is 1. The zero-order valence-electron chi connectivity index (χ0n) is 14.7. The molecule has 0 aromatic heterocycles. The first kappa shape index (κ1) is 16.1. The Hall–Kier alpha value is -0.790. The van der Waals surface area contributed by atoms with E-state index in [-0.39, 0.29) is 5.41 Å². The molecule has 3 fully saturated rings. The average Bonchev–Trinajstić information content (AvgIpc) is 2.46. The van der Waals surface area contributed by atoms with Gasteiger partial charge in [0.1, 0.15) is 0 Å². The highest BCUT2D eigenvalue weighted by molar-refractivity contribution is 5.75. The van der Waals surface area contributed by atoms with Crippen LogP contribution in [0.25, 0.3) is 0 Å². The number of hydrogen-bond donors (Lipinski definition) is 1. The Kier molecular flexibility index (Phi) is 3.94. The molecule has 2 heteroatoms. The molecule has 0 aromatic rings. The highest BCUT2D eigenvalue weighted by Gasteiger charge is 2.58. The van der Waals surface area contributed by atoms with Gasteiger partial charge in [-0.15, -0.1) is 0 Å². The van der Waals surface area contributed by atoms with E-state index in [0.29, 0.717) is 5.92 Å². The Morgan fingerprint density at radius 3 is 2.50 bits per heavy atom. The molecule has 3 saturated carbocycles. The van der Waals surface area contributed by atoms with E-state index in [1.165, 1.54) is 37.7 Å².